The lowest BCUT2D eigenvalue weighted by atomic mass is 9.98. The number of hydrogen-bond donors (Lipinski definition) is 2. The van der Waals surface area contributed by atoms with Crippen molar-refractivity contribution in [3.63, 3.8) is 0 Å². The largest absolute Gasteiger partial charge is 0.390 e. The zero-order chi connectivity index (χ0) is 8.20. The Labute approximate surface area is 60.9 Å². The Morgan fingerprint density at radius 1 is 1.80 bits per heavy atom. The predicted molar refractivity (Wildman–Crippen MR) is 38.6 cm³/mol. The predicted octanol–water partition coefficient (Wildman–Crippen LogP) is 1.19. The van der Waals surface area contributed by atoms with Crippen molar-refractivity contribution < 1.29 is 15.3 Å². The van der Waals surface area contributed by atoms with Crippen molar-refractivity contribution in [1.29, 1.82) is 0 Å². The number of aliphatic hydroxyl groups excluding tert-OH is 1. The van der Waals surface area contributed by atoms with Crippen LogP contribution in [0.5, 0.6) is 0 Å². The van der Waals surface area contributed by atoms with Crippen LogP contribution in [0.1, 0.15) is 20.3 Å². The molecule has 2 N–H and O–H groups in total. The molecule has 0 aromatic rings. The Balaban J connectivity index is 4.16. The molecule has 0 fully saturated rings. The minimum absolute atomic E-state index is 0.517. The molecule has 0 saturated carbocycles. The van der Waals surface area contributed by atoms with Gasteiger partial charge in [-0.3, -0.25) is 5.26 Å². The molecule has 0 amide bonds. The fraction of sp³-hybridized carbons (Fsp3) is 0.714. The Hall–Kier alpha value is -0.380. The summed E-state index contributed by atoms with van der Waals surface area (Å²) in [5.41, 5.74) is -1.03. The molecule has 0 radical (unpaired) electrons. The van der Waals surface area contributed by atoms with E-state index in [0.29, 0.717) is 6.42 Å². The van der Waals surface area contributed by atoms with E-state index in [-0.39, 0.29) is 0 Å². The van der Waals surface area contributed by atoms with E-state index in [0.717, 1.165) is 0 Å². The molecule has 0 aliphatic heterocycles. The summed E-state index contributed by atoms with van der Waals surface area (Å²) in [4.78, 5) is 4.07. The molecule has 60 valence electrons. The minimum atomic E-state index is -1.03. The lowest BCUT2D eigenvalue weighted by molar-refractivity contribution is -0.322. The monoisotopic (exact) mass is 146 g/mol. The first-order chi connectivity index (χ1) is 4.60. The molecule has 10 heavy (non-hydrogen) atoms. The summed E-state index contributed by atoms with van der Waals surface area (Å²) in [7, 11) is 0. The van der Waals surface area contributed by atoms with Crippen LogP contribution in [0.2, 0.25) is 0 Å². The van der Waals surface area contributed by atoms with Crippen LogP contribution >= 0.6 is 0 Å². The van der Waals surface area contributed by atoms with E-state index in [2.05, 4.69) is 11.5 Å². The van der Waals surface area contributed by atoms with E-state index < -0.39 is 11.7 Å². The van der Waals surface area contributed by atoms with Crippen molar-refractivity contribution in [3.8, 4) is 0 Å². The highest BCUT2D eigenvalue weighted by atomic mass is 17.1. The second-order valence-electron chi connectivity index (χ2n) is 2.40. The highest BCUT2D eigenvalue weighted by Gasteiger charge is 2.29. The summed E-state index contributed by atoms with van der Waals surface area (Å²) in [5, 5.41) is 17.6. The van der Waals surface area contributed by atoms with Crippen LogP contribution in [0.3, 0.4) is 0 Å². The second kappa shape index (κ2) is 3.71. The van der Waals surface area contributed by atoms with Crippen LogP contribution in [-0.4, -0.2) is 22.1 Å². The lowest BCUT2D eigenvalue weighted by Gasteiger charge is -2.26. The van der Waals surface area contributed by atoms with E-state index in [1.807, 2.05) is 0 Å². The molecule has 3 heteroatoms. The van der Waals surface area contributed by atoms with Crippen LogP contribution in [0.4, 0.5) is 0 Å². The molecule has 0 aromatic carbocycles. The summed E-state index contributed by atoms with van der Waals surface area (Å²) >= 11 is 0. The maximum atomic E-state index is 9.22. The Bertz CT molecular complexity index is 113. The second-order valence-corrected chi connectivity index (χ2v) is 2.40. The van der Waals surface area contributed by atoms with Gasteiger partial charge in [-0.1, -0.05) is 13.0 Å². The molecule has 0 aliphatic carbocycles. The normalized spacial score (nSPS) is 19.6. The van der Waals surface area contributed by atoms with Gasteiger partial charge in [0, 0.05) is 0 Å². The molecule has 0 aromatic heterocycles. The van der Waals surface area contributed by atoms with Crippen LogP contribution < -0.4 is 0 Å². The Kier molecular flexibility index (Phi) is 3.57. The van der Waals surface area contributed by atoms with E-state index in [1.54, 1.807) is 13.8 Å². The third-order valence-electron chi connectivity index (χ3n) is 1.65. The van der Waals surface area contributed by atoms with Crippen LogP contribution in [0.15, 0.2) is 12.7 Å². The molecule has 0 saturated heterocycles. The first-order valence-corrected chi connectivity index (χ1v) is 3.25. The number of hydrogen-bond acceptors (Lipinski definition) is 3. The van der Waals surface area contributed by atoms with Crippen LogP contribution in [0, 0.1) is 0 Å². The summed E-state index contributed by atoms with van der Waals surface area (Å²) < 4.78 is 0. The number of aliphatic hydroxyl groups is 1. The van der Waals surface area contributed by atoms with E-state index in [1.165, 1.54) is 6.08 Å². The smallest absolute Gasteiger partial charge is 0.144 e. The fourth-order valence-electron chi connectivity index (χ4n) is 0.639. The summed E-state index contributed by atoms with van der Waals surface area (Å²) in [6.07, 6.45) is 1.18. The molecule has 0 spiro atoms. The molecular formula is C7H14O3. The number of rotatable bonds is 4. The Morgan fingerprint density at radius 2 is 2.30 bits per heavy atom. The van der Waals surface area contributed by atoms with Gasteiger partial charge >= 0.3 is 0 Å². The average molecular weight is 146 g/mol. The van der Waals surface area contributed by atoms with Gasteiger partial charge in [-0.05, 0) is 13.3 Å². The SMILES string of the molecule is C=CC(C)(OO)C(O)CC. The third kappa shape index (κ3) is 1.80. The quantitative estimate of drug-likeness (QED) is 0.356. The molecule has 0 aliphatic rings. The lowest BCUT2D eigenvalue weighted by Crippen LogP contribution is -2.38. The maximum Gasteiger partial charge on any atom is 0.144 e. The first-order valence-electron chi connectivity index (χ1n) is 3.25. The molecule has 0 heterocycles. The molecule has 2 unspecified atom stereocenters. The molecule has 0 rings (SSSR count). The van der Waals surface area contributed by atoms with Gasteiger partial charge in [0.15, 0.2) is 0 Å². The van der Waals surface area contributed by atoms with Crippen molar-refractivity contribution in [1.82, 2.24) is 0 Å². The zero-order valence-electron chi connectivity index (χ0n) is 6.37. The maximum absolute atomic E-state index is 9.22. The van der Waals surface area contributed by atoms with Gasteiger partial charge in [0.05, 0.1) is 6.10 Å². The van der Waals surface area contributed by atoms with Crippen molar-refractivity contribution in [2.75, 3.05) is 0 Å². The first kappa shape index (κ1) is 9.62. The minimum Gasteiger partial charge on any atom is -0.390 e. The fourth-order valence-corrected chi connectivity index (χ4v) is 0.639. The highest BCUT2D eigenvalue weighted by molar-refractivity contribution is 4.97. The molecule has 0 bridgehead atoms. The van der Waals surface area contributed by atoms with Crippen molar-refractivity contribution in [2.24, 2.45) is 0 Å². The van der Waals surface area contributed by atoms with E-state index in [9.17, 15) is 5.11 Å². The van der Waals surface area contributed by atoms with Gasteiger partial charge in [0.2, 0.25) is 0 Å². The van der Waals surface area contributed by atoms with Crippen molar-refractivity contribution >= 4 is 0 Å². The van der Waals surface area contributed by atoms with Crippen molar-refractivity contribution in [3.05, 3.63) is 12.7 Å². The van der Waals surface area contributed by atoms with Gasteiger partial charge in [0.1, 0.15) is 5.60 Å². The van der Waals surface area contributed by atoms with Gasteiger partial charge in [-0.15, -0.1) is 6.58 Å². The van der Waals surface area contributed by atoms with E-state index >= 15 is 0 Å². The molecule has 2 atom stereocenters. The average Bonchev–Trinajstić information content (AvgIpc) is 2.01. The molecule has 3 nitrogen and oxygen atoms in total. The van der Waals surface area contributed by atoms with Gasteiger partial charge in [-0.25, -0.2) is 4.89 Å². The van der Waals surface area contributed by atoms with E-state index in [4.69, 9.17) is 5.26 Å². The van der Waals surface area contributed by atoms with Crippen LogP contribution in [0.25, 0.3) is 0 Å². The summed E-state index contributed by atoms with van der Waals surface area (Å²) in [6, 6.07) is 0. The topological polar surface area (TPSA) is 49.7 Å². The van der Waals surface area contributed by atoms with Gasteiger partial charge < -0.3 is 5.11 Å². The van der Waals surface area contributed by atoms with Gasteiger partial charge in [-0.2, -0.15) is 0 Å². The zero-order valence-corrected chi connectivity index (χ0v) is 6.37. The standard InChI is InChI=1S/C7H14O3/c1-4-6(8)7(3,5-2)10-9/h5-6,8-9H,2,4H2,1,3H3. The Morgan fingerprint density at radius 3 is 2.40 bits per heavy atom. The summed E-state index contributed by atoms with van der Waals surface area (Å²) in [6.45, 7) is 6.79. The van der Waals surface area contributed by atoms with Gasteiger partial charge in [0.25, 0.3) is 0 Å². The van der Waals surface area contributed by atoms with Crippen molar-refractivity contribution in [2.45, 2.75) is 32.0 Å². The molecular weight excluding hydrogens is 132 g/mol. The summed E-state index contributed by atoms with van der Waals surface area (Å²) in [5.74, 6) is 0. The highest BCUT2D eigenvalue weighted by Crippen LogP contribution is 2.17. The van der Waals surface area contributed by atoms with Crippen LogP contribution in [-0.2, 0) is 4.89 Å². The third-order valence-corrected chi connectivity index (χ3v) is 1.65.